The summed E-state index contributed by atoms with van der Waals surface area (Å²) in [5, 5.41) is 6.31. The van der Waals surface area contributed by atoms with Crippen molar-refractivity contribution in [1.82, 2.24) is 9.97 Å². The Balaban J connectivity index is 1.69. The first-order valence-electron chi connectivity index (χ1n) is 7.57. The van der Waals surface area contributed by atoms with Crippen molar-refractivity contribution in [2.24, 2.45) is 0 Å². The number of hydrogen-bond donors (Lipinski definition) is 2. The molecule has 0 amide bonds. The van der Waals surface area contributed by atoms with Crippen LogP contribution in [-0.4, -0.2) is 16.6 Å². The van der Waals surface area contributed by atoms with Crippen LogP contribution in [0.2, 0.25) is 0 Å². The lowest BCUT2D eigenvalue weighted by Gasteiger charge is -2.09. The van der Waals surface area contributed by atoms with Gasteiger partial charge in [-0.05, 0) is 55.5 Å². The lowest BCUT2D eigenvalue weighted by Crippen LogP contribution is -1.98. The summed E-state index contributed by atoms with van der Waals surface area (Å²) in [6.07, 6.45) is 1.46. The first kappa shape index (κ1) is 15.7. The largest absolute Gasteiger partial charge is 0.494 e. The maximum atomic E-state index is 12.9. The molecule has 0 saturated heterocycles. The number of halogens is 1. The van der Waals surface area contributed by atoms with E-state index in [0.29, 0.717) is 18.2 Å². The van der Waals surface area contributed by atoms with Crippen molar-refractivity contribution in [3.05, 3.63) is 66.7 Å². The SMILES string of the molecule is CCOc1ccc(Nc2cc(Nc3ccc(F)cc3)ncn2)cc1. The Morgan fingerprint density at radius 2 is 1.42 bits per heavy atom. The molecule has 0 saturated carbocycles. The van der Waals surface area contributed by atoms with E-state index in [1.54, 1.807) is 18.2 Å². The summed E-state index contributed by atoms with van der Waals surface area (Å²) in [6.45, 7) is 2.58. The van der Waals surface area contributed by atoms with Crippen molar-refractivity contribution in [2.75, 3.05) is 17.2 Å². The number of hydrogen-bond acceptors (Lipinski definition) is 5. The standard InChI is InChI=1S/C18H17FN4O/c1-2-24-16-9-7-15(8-10-16)23-18-11-17(20-12-21-18)22-14-5-3-13(19)4-6-14/h3-12H,2H2,1H3,(H2,20,21,22,23). The van der Waals surface area contributed by atoms with Gasteiger partial charge in [-0.25, -0.2) is 14.4 Å². The highest BCUT2D eigenvalue weighted by atomic mass is 19.1. The Morgan fingerprint density at radius 1 is 0.875 bits per heavy atom. The molecule has 0 bridgehead atoms. The van der Waals surface area contributed by atoms with Crippen molar-refractivity contribution < 1.29 is 9.13 Å². The number of aromatic nitrogens is 2. The third-order valence-electron chi connectivity index (χ3n) is 3.22. The van der Waals surface area contributed by atoms with Crippen LogP contribution >= 0.6 is 0 Å². The van der Waals surface area contributed by atoms with Crippen LogP contribution in [0.5, 0.6) is 5.75 Å². The first-order valence-corrected chi connectivity index (χ1v) is 7.57. The molecule has 6 heteroatoms. The fourth-order valence-corrected chi connectivity index (χ4v) is 2.12. The van der Waals surface area contributed by atoms with Crippen LogP contribution in [-0.2, 0) is 0 Å². The summed E-state index contributed by atoms with van der Waals surface area (Å²) in [4.78, 5) is 8.36. The molecule has 0 aliphatic heterocycles. The van der Waals surface area contributed by atoms with Gasteiger partial charge in [-0.1, -0.05) is 0 Å². The third kappa shape index (κ3) is 4.19. The highest BCUT2D eigenvalue weighted by Crippen LogP contribution is 2.21. The van der Waals surface area contributed by atoms with Gasteiger partial charge in [0, 0.05) is 17.4 Å². The Labute approximate surface area is 139 Å². The average Bonchev–Trinajstić information content (AvgIpc) is 2.59. The highest BCUT2D eigenvalue weighted by Gasteiger charge is 2.01. The molecule has 5 nitrogen and oxygen atoms in total. The van der Waals surface area contributed by atoms with Crippen molar-refractivity contribution in [3.63, 3.8) is 0 Å². The van der Waals surface area contributed by atoms with Gasteiger partial charge in [0.05, 0.1) is 6.61 Å². The molecule has 0 radical (unpaired) electrons. The van der Waals surface area contributed by atoms with Crippen molar-refractivity contribution in [1.29, 1.82) is 0 Å². The number of nitrogens with one attached hydrogen (secondary N) is 2. The van der Waals surface area contributed by atoms with Gasteiger partial charge in [0.25, 0.3) is 0 Å². The molecule has 2 N–H and O–H groups in total. The van der Waals surface area contributed by atoms with Crippen LogP contribution in [0.15, 0.2) is 60.9 Å². The molecule has 0 fully saturated rings. The summed E-state index contributed by atoms with van der Waals surface area (Å²) in [6, 6.07) is 15.5. The van der Waals surface area contributed by atoms with Gasteiger partial charge in [-0.15, -0.1) is 0 Å². The zero-order valence-electron chi connectivity index (χ0n) is 13.2. The molecule has 1 aromatic heterocycles. The molecule has 0 aliphatic carbocycles. The highest BCUT2D eigenvalue weighted by molar-refractivity contribution is 5.63. The summed E-state index contributed by atoms with van der Waals surface area (Å²) >= 11 is 0. The number of rotatable bonds is 6. The molecule has 2 aromatic carbocycles. The number of anilines is 4. The normalized spacial score (nSPS) is 10.2. The van der Waals surface area contributed by atoms with E-state index in [2.05, 4.69) is 20.6 Å². The fraction of sp³-hybridized carbons (Fsp3) is 0.111. The van der Waals surface area contributed by atoms with Gasteiger partial charge >= 0.3 is 0 Å². The Hall–Kier alpha value is -3.15. The molecular weight excluding hydrogens is 307 g/mol. The van der Waals surface area contributed by atoms with Gasteiger partial charge in [0.15, 0.2) is 0 Å². The van der Waals surface area contributed by atoms with E-state index in [9.17, 15) is 4.39 Å². The first-order chi connectivity index (χ1) is 11.7. The summed E-state index contributed by atoms with van der Waals surface area (Å²) in [7, 11) is 0. The maximum Gasteiger partial charge on any atom is 0.135 e. The molecule has 1 heterocycles. The smallest absolute Gasteiger partial charge is 0.135 e. The zero-order valence-corrected chi connectivity index (χ0v) is 13.2. The van der Waals surface area contributed by atoms with Crippen LogP contribution in [0.4, 0.5) is 27.4 Å². The molecule has 3 rings (SSSR count). The van der Waals surface area contributed by atoms with E-state index < -0.39 is 0 Å². The number of benzene rings is 2. The maximum absolute atomic E-state index is 12.9. The Bertz CT molecular complexity index is 791. The molecule has 24 heavy (non-hydrogen) atoms. The quantitative estimate of drug-likeness (QED) is 0.699. The number of ether oxygens (including phenoxy) is 1. The van der Waals surface area contributed by atoms with Crippen molar-refractivity contribution in [2.45, 2.75) is 6.92 Å². The second-order valence-electron chi connectivity index (χ2n) is 5.00. The van der Waals surface area contributed by atoms with Gasteiger partial charge < -0.3 is 15.4 Å². The van der Waals surface area contributed by atoms with Crippen LogP contribution in [0.1, 0.15) is 6.92 Å². The van der Waals surface area contributed by atoms with E-state index in [0.717, 1.165) is 17.1 Å². The molecular formula is C18H17FN4O. The minimum absolute atomic E-state index is 0.277. The Kier molecular flexibility index (Phi) is 4.86. The van der Waals surface area contributed by atoms with E-state index in [-0.39, 0.29) is 5.82 Å². The zero-order chi connectivity index (χ0) is 16.8. The van der Waals surface area contributed by atoms with Crippen molar-refractivity contribution in [3.8, 4) is 5.75 Å². The molecule has 3 aromatic rings. The van der Waals surface area contributed by atoms with E-state index in [4.69, 9.17) is 4.74 Å². The van der Waals surface area contributed by atoms with Gasteiger partial charge in [-0.3, -0.25) is 0 Å². The van der Waals surface area contributed by atoms with Gasteiger partial charge in [0.2, 0.25) is 0 Å². The van der Waals surface area contributed by atoms with Gasteiger partial charge in [0.1, 0.15) is 29.5 Å². The second kappa shape index (κ2) is 7.41. The molecule has 0 unspecified atom stereocenters. The lowest BCUT2D eigenvalue weighted by molar-refractivity contribution is 0.340. The van der Waals surface area contributed by atoms with E-state index >= 15 is 0 Å². The molecule has 0 aliphatic rings. The predicted molar refractivity (Wildman–Crippen MR) is 92.6 cm³/mol. The van der Waals surface area contributed by atoms with Crippen LogP contribution in [0.3, 0.4) is 0 Å². The lowest BCUT2D eigenvalue weighted by atomic mass is 10.3. The van der Waals surface area contributed by atoms with Gasteiger partial charge in [-0.2, -0.15) is 0 Å². The Morgan fingerprint density at radius 3 is 1.96 bits per heavy atom. The third-order valence-corrected chi connectivity index (χ3v) is 3.22. The average molecular weight is 324 g/mol. The monoisotopic (exact) mass is 324 g/mol. The molecule has 122 valence electrons. The molecule has 0 spiro atoms. The second-order valence-corrected chi connectivity index (χ2v) is 5.00. The predicted octanol–water partition coefficient (Wildman–Crippen LogP) is 4.50. The minimum atomic E-state index is -0.277. The minimum Gasteiger partial charge on any atom is -0.494 e. The van der Waals surface area contributed by atoms with Crippen LogP contribution < -0.4 is 15.4 Å². The topological polar surface area (TPSA) is 59.1 Å². The van der Waals surface area contributed by atoms with Crippen molar-refractivity contribution >= 4 is 23.0 Å². The van der Waals surface area contributed by atoms with Crippen LogP contribution in [0, 0.1) is 5.82 Å². The fourth-order valence-electron chi connectivity index (χ4n) is 2.12. The van der Waals surface area contributed by atoms with Crippen LogP contribution in [0.25, 0.3) is 0 Å². The number of nitrogens with zero attached hydrogens (tertiary/aromatic N) is 2. The molecule has 0 atom stereocenters. The summed E-state index contributed by atoms with van der Waals surface area (Å²) < 4.78 is 18.4. The van der Waals surface area contributed by atoms with E-state index in [1.165, 1.54) is 18.5 Å². The summed E-state index contributed by atoms with van der Waals surface area (Å²) in [5.41, 5.74) is 1.65. The van der Waals surface area contributed by atoms with E-state index in [1.807, 2.05) is 31.2 Å². The summed E-state index contributed by atoms with van der Waals surface area (Å²) in [5.74, 6) is 1.81.